The van der Waals surface area contributed by atoms with Crippen molar-refractivity contribution >= 4 is 0 Å². The Labute approximate surface area is 130 Å². The fourth-order valence-corrected chi connectivity index (χ4v) is 2.18. The smallest absolute Gasteiger partial charge is 0.0704 e. The molecule has 0 saturated carbocycles. The topological polar surface area (TPSA) is 43.4 Å². The molecule has 6 heteroatoms. The van der Waals surface area contributed by atoms with Gasteiger partial charge in [0.05, 0.1) is 45.3 Å². The van der Waals surface area contributed by atoms with Crippen LogP contribution in [-0.2, 0) is 18.9 Å². The maximum absolute atomic E-state index is 5.66. The molecule has 0 aromatic carbocycles. The highest BCUT2D eigenvalue weighted by atomic mass is 16.5. The number of rotatable bonds is 14. The van der Waals surface area contributed by atoms with Gasteiger partial charge in [-0.15, -0.1) is 0 Å². The molecule has 0 radical (unpaired) electrons. The summed E-state index contributed by atoms with van der Waals surface area (Å²) < 4.78 is 21.3. The van der Waals surface area contributed by atoms with E-state index in [1.54, 1.807) is 14.2 Å². The van der Waals surface area contributed by atoms with E-state index in [0.717, 1.165) is 19.8 Å². The molecule has 0 aromatic rings. The number of nitrogens with zero attached hydrogens (tertiary/aromatic N) is 2. The van der Waals surface area contributed by atoms with E-state index in [0.29, 0.717) is 26.4 Å². The fourth-order valence-electron chi connectivity index (χ4n) is 2.18. The normalized spacial score (nSPS) is 14.9. The second kappa shape index (κ2) is 13.4. The largest absolute Gasteiger partial charge is 0.382 e. The molecule has 6 nitrogen and oxygen atoms in total. The third kappa shape index (κ3) is 13.2. The highest BCUT2D eigenvalue weighted by molar-refractivity contribution is 4.62. The second-order valence-corrected chi connectivity index (χ2v) is 5.57. The van der Waals surface area contributed by atoms with Gasteiger partial charge in [0, 0.05) is 27.3 Å². The Balaban J connectivity index is 3.74. The molecule has 128 valence electrons. The number of hydrogen-bond acceptors (Lipinski definition) is 6. The monoisotopic (exact) mass is 306 g/mol. The molecule has 0 spiro atoms. The first kappa shape index (κ1) is 20.8. The van der Waals surface area contributed by atoms with Crippen molar-refractivity contribution < 1.29 is 18.9 Å². The molecule has 0 aromatic heterocycles. The van der Waals surface area contributed by atoms with Crippen molar-refractivity contribution in [3.05, 3.63) is 0 Å². The first-order valence-corrected chi connectivity index (χ1v) is 7.57. The van der Waals surface area contributed by atoms with Gasteiger partial charge in [-0.1, -0.05) is 0 Å². The van der Waals surface area contributed by atoms with E-state index in [4.69, 9.17) is 18.9 Å². The fraction of sp³-hybridized carbons (Fsp3) is 1.00. The Bertz CT molecular complexity index is 210. The standard InChI is InChI=1S/C15H34N2O4/c1-14(20-9-7-18-5)11-16(3)13-17(4)12-15(2)21-10-8-19-6/h14-15H,7-13H2,1-6H3. The van der Waals surface area contributed by atoms with Crippen LogP contribution in [0.5, 0.6) is 0 Å². The lowest BCUT2D eigenvalue weighted by Gasteiger charge is -2.28. The van der Waals surface area contributed by atoms with Crippen LogP contribution in [0.25, 0.3) is 0 Å². The molecule has 0 aliphatic heterocycles. The van der Waals surface area contributed by atoms with Crippen molar-refractivity contribution in [3.63, 3.8) is 0 Å². The highest BCUT2D eigenvalue weighted by Gasteiger charge is 2.11. The predicted molar refractivity (Wildman–Crippen MR) is 84.7 cm³/mol. The molecule has 0 fully saturated rings. The molecule has 0 heterocycles. The van der Waals surface area contributed by atoms with E-state index in [1.165, 1.54) is 0 Å². The second-order valence-electron chi connectivity index (χ2n) is 5.57. The number of ether oxygens (including phenoxy) is 4. The number of hydrogen-bond donors (Lipinski definition) is 0. The molecule has 0 saturated heterocycles. The summed E-state index contributed by atoms with van der Waals surface area (Å²) >= 11 is 0. The van der Waals surface area contributed by atoms with Crippen LogP contribution < -0.4 is 0 Å². The minimum absolute atomic E-state index is 0.203. The molecule has 0 amide bonds. The quantitative estimate of drug-likeness (QED) is 0.351. The lowest BCUT2D eigenvalue weighted by atomic mass is 10.3. The minimum atomic E-state index is 0.203. The summed E-state index contributed by atoms with van der Waals surface area (Å²) in [5, 5.41) is 0. The number of likely N-dealkylation sites (N-methyl/N-ethyl adjacent to an activating group) is 2. The molecular formula is C15H34N2O4. The third-order valence-corrected chi connectivity index (χ3v) is 3.00. The van der Waals surface area contributed by atoms with E-state index in [9.17, 15) is 0 Å². The van der Waals surface area contributed by atoms with Gasteiger partial charge >= 0.3 is 0 Å². The van der Waals surface area contributed by atoms with Gasteiger partial charge in [-0.3, -0.25) is 9.80 Å². The van der Waals surface area contributed by atoms with Gasteiger partial charge in [-0.25, -0.2) is 0 Å². The highest BCUT2D eigenvalue weighted by Crippen LogP contribution is 1.99. The van der Waals surface area contributed by atoms with Gasteiger partial charge in [0.25, 0.3) is 0 Å². The SMILES string of the molecule is COCCOC(C)CN(C)CN(C)CC(C)OCCOC. The molecule has 21 heavy (non-hydrogen) atoms. The van der Waals surface area contributed by atoms with Crippen LogP contribution >= 0.6 is 0 Å². The van der Waals surface area contributed by atoms with Gasteiger partial charge in [0.1, 0.15) is 0 Å². The zero-order valence-corrected chi connectivity index (χ0v) is 14.6. The van der Waals surface area contributed by atoms with Crippen LogP contribution in [0.3, 0.4) is 0 Å². The van der Waals surface area contributed by atoms with Crippen LogP contribution in [0.4, 0.5) is 0 Å². The van der Waals surface area contributed by atoms with Crippen LogP contribution in [0, 0.1) is 0 Å². The van der Waals surface area contributed by atoms with E-state index in [1.807, 2.05) is 0 Å². The summed E-state index contributed by atoms with van der Waals surface area (Å²) in [6.45, 7) is 9.42. The third-order valence-electron chi connectivity index (χ3n) is 3.00. The zero-order chi connectivity index (χ0) is 16.1. The van der Waals surface area contributed by atoms with E-state index < -0.39 is 0 Å². The molecule has 2 atom stereocenters. The molecule has 0 rings (SSSR count). The maximum atomic E-state index is 5.66. The van der Waals surface area contributed by atoms with Crippen molar-refractivity contribution in [1.29, 1.82) is 0 Å². The average Bonchev–Trinajstić information content (AvgIpc) is 2.38. The average molecular weight is 306 g/mol. The van der Waals surface area contributed by atoms with E-state index in [-0.39, 0.29) is 12.2 Å². The van der Waals surface area contributed by atoms with Gasteiger partial charge < -0.3 is 18.9 Å². The van der Waals surface area contributed by atoms with E-state index >= 15 is 0 Å². The summed E-state index contributed by atoms with van der Waals surface area (Å²) in [7, 11) is 7.57. The first-order valence-electron chi connectivity index (χ1n) is 7.57. The van der Waals surface area contributed by atoms with Crippen molar-refractivity contribution in [1.82, 2.24) is 9.80 Å². The van der Waals surface area contributed by atoms with Gasteiger partial charge in [0.2, 0.25) is 0 Å². The Morgan fingerprint density at radius 2 is 1.10 bits per heavy atom. The van der Waals surface area contributed by atoms with Crippen molar-refractivity contribution in [2.75, 3.05) is 74.5 Å². The number of methoxy groups -OCH3 is 2. The summed E-state index contributed by atoms with van der Waals surface area (Å²) in [5.41, 5.74) is 0. The summed E-state index contributed by atoms with van der Waals surface area (Å²) in [4.78, 5) is 4.50. The summed E-state index contributed by atoms with van der Waals surface area (Å²) in [6.07, 6.45) is 0.405. The lowest BCUT2D eigenvalue weighted by molar-refractivity contribution is -0.00805. The lowest BCUT2D eigenvalue weighted by Crippen LogP contribution is -2.40. The predicted octanol–water partition coefficient (Wildman–Crippen LogP) is 0.911. The Hall–Kier alpha value is -0.240. The molecule has 0 aliphatic rings. The van der Waals surface area contributed by atoms with Crippen molar-refractivity contribution in [2.24, 2.45) is 0 Å². The van der Waals surface area contributed by atoms with Crippen LogP contribution in [0.2, 0.25) is 0 Å². The molecule has 0 bridgehead atoms. The van der Waals surface area contributed by atoms with Crippen LogP contribution in [-0.4, -0.2) is 96.5 Å². The minimum Gasteiger partial charge on any atom is -0.382 e. The summed E-state index contributed by atoms with van der Waals surface area (Å²) in [5.74, 6) is 0. The van der Waals surface area contributed by atoms with Crippen molar-refractivity contribution in [3.8, 4) is 0 Å². The molecule has 0 aliphatic carbocycles. The van der Waals surface area contributed by atoms with Crippen LogP contribution in [0.1, 0.15) is 13.8 Å². The van der Waals surface area contributed by atoms with Crippen LogP contribution in [0.15, 0.2) is 0 Å². The Morgan fingerprint density at radius 1 is 0.714 bits per heavy atom. The van der Waals surface area contributed by atoms with Gasteiger partial charge in [0.15, 0.2) is 0 Å². The maximum Gasteiger partial charge on any atom is 0.0704 e. The summed E-state index contributed by atoms with van der Waals surface area (Å²) in [6, 6.07) is 0. The zero-order valence-electron chi connectivity index (χ0n) is 14.6. The Morgan fingerprint density at radius 3 is 1.43 bits per heavy atom. The van der Waals surface area contributed by atoms with E-state index in [2.05, 4.69) is 37.7 Å². The first-order chi connectivity index (χ1) is 9.99. The van der Waals surface area contributed by atoms with Crippen molar-refractivity contribution in [2.45, 2.75) is 26.1 Å². The van der Waals surface area contributed by atoms with Gasteiger partial charge in [-0.2, -0.15) is 0 Å². The van der Waals surface area contributed by atoms with Gasteiger partial charge in [-0.05, 0) is 27.9 Å². The molecule has 0 N–H and O–H groups in total. The Kier molecular flexibility index (Phi) is 13.3. The molecule has 2 unspecified atom stereocenters. The molecular weight excluding hydrogens is 272 g/mol.